The van der Waals surface area contributed by atoms with Crippen molar-refractivity contribution < 1.29 is 32.3 Å². The molecule has 1 fully saturated rings. The largest absolute Gasteiger partial charge is 0.478 e. The Labute approximate surface area is 123 Å². The average molecular weight is 319 g/mol. The number of benzene rings is 1. The zero-order valence-electron chi connectivity index (χ0n) is 11.4. The zero-order valence-corrected chi connectivity index (χ0v) is 11.4. The van der Waals surface area contributed by atoms with Crippen molar-refractivity contribution in [2.24, 2.45) is 0 Å². The van der Waals surface area contributed by atoms with Crippen LogP contribution in [0, 0.1) is 23.3 Å². The fraction of sp³-hybridized carbons (Fsp3) is 0.429. The van der Waals surface area contributed by atoms with Crippen LogP contribution in [0.5, 0.6) is 0 Å². The molecule has 1 amide bonds. The van der Waals surface area contributed by atoms with E-state index in [1.54, 1.807) is 0 Å². The number of carbonyl (C=O) groups excluding carboxylic acids is 1. The second-order valence-electron chi connectivity index (χ2n) is 5.12. The van der Waals surface area contributed by atoms with E-state index < -0.39 is 46.3 Å². The Morgan fingerprint density at radius 1 is 0.864 bits per heavy atom. The van der Waals surface area contributed by atoms with Gasteiger partial charge >= 0.3 is 5.97 Å². The standard InChI is InChI=1S/C14H13F4NO3/c15-9-7(13(20)19-6-4-2-1-3-5-6)8(14(21)22)10(16)12(18)11(9)17/h6H,1-5H2,(H,19,20)(H,21,22). The van der Waals surface area contributed by atoms with E-state index in [-0.39, 0.29) is 6.04 Å². The van der Waals surface area contributed by atoms with Gasteiger partial charge in [0.15, 0.2) is 23.3 Å². The molecule has 120 valence electrons. The van der Waals surface area contributed by atoms with Crippen molar-refractivity contribution in [1.29, 1.82) is 0 Å². The van der Waals surface area contributed by atoms with Crippen LogP contribution >= 0.6 is 0 Å². The van der Waals surface area contributed by atoms with Crippen LogP contribution in [0.25, 0.3) is 0 Å². The third-order valence-corrected chi connectivity index (χ3v) is 3.65. The van der Waals surface area contributed by atoms with E-state index in [2.05, 4.69) is 5.32 Å². The minimum Gasteiger partial charge on any atom is -0.478 e. The molecule has 1 aliphatic rings. The van der Waals surface area contributed by atoms with Crippen LogP contribution in [0.2, 0.25) is 0 Å². The van der Waals surface area contributed by atoms with E-state index in [4.69, 9.17) is 5.11 Å². The summed E-state index contributed by atoms with van der Waals surface area (Å²) in [5, 5.41) is 11.2. The number of carbonyl (C=O) groups is 2. The van der Waals surface area contributed by atoms with Gasteiger partial charge in [0.1, 0.15) is 5.56 Å². The molecule has 0 spiro atoms. The van der Waals surface area contributed by atoms with Gasteiger partial charge in [0.2, 0.25) is 0 Å². The summed E-state index contributed by atoms with van der Waals surface area (Å²) in [5.74, 6) is -11.9. The van der Waals surface area contributed by atoms with Crippen LogP contribution in [0.1, 0.15) is 52.8 Å². The van der Waals surface area contributed by atoms with E-state index in [1.807, 2.05) is 0 Å². The maximum atomic E-state index is 13.8. The summed E-state index contributed by atoms with van der Waals surface area (Å²) in [6.45, 7) is 0. The topological polar surface area (TPSA) is 66.4 Å². The first-order valence-corrected chi connectivity index (χ1v) is 6.74. The van der Waals surface area contributed by atoms with Crippen LogP contribution in [0.4, 0.5) is 17.6 Å². The van der Waals surface area contributed by atoms with Gasteiger partial charge in [0.25, 0.3) is 5.91 Å². The maximum Gasteiger partial charge on any atom is 0.339 e. The fourth-order valence-electron chi connectivity index (χ4n) is 2.55. The summed E-state index contributed by atoms with van der Waals surface area (Å²) in [5.41, 5.74) is -2.83. The van der Waals surface area contributed by atoms with Crippen molar-refractivity contribution in [3.63, 3.8) is 0 Å². The predicted molar refractivity (Wildman–Crippen MR) is 67.6 cm³/mol. The SMILES string of the molecule is O=C(O)c1c(F)c(F)c(F)c(F)c1C(=O)NC1CCCCC1. The molecule has 1 aromatic rings. The van der Waals surface area contributed by atoms with Crippen molar-refractivity contribution in [3.05, 3.63) is 34.4 Å². The lowest BCUT2D eigenvalue weighted by Crippen LogP contribution is -2.38. The normalized spacial score (nSPS) is 15.6. The number of aromatic carboxylic acids is 1. The summed E-state index contributed by atoms with van der Waals surface area (Å²) in [6.07, 6.45) is 3.82. The van der Waals surface area contributed by atoms with Crippen LogP contribution < -0.4 is 5.32 Å². The molecule has 2 N–H and O–H groups in total. The second-order valence-corrected chi connectivity index (χ2v) is 5.12. The van der Waals surface area contributed by atoms with Gasteiger partial charge in [-0.3, -0.25) is 4.79 Å². The molecule has 0 unspecified atom stereocenters. The van der Waals surface area contributed by atoms with E-state index >= 15 is 0 Å². The van der Waals surface area contributed by atoms with E-state index in [9.17, 15) is 27.2 Å². The maximum absolute atomic E-state index is 13.8. The third kappa shape index (κ3) is 2.90. The van der Waals surface area contributed by atoms with Crippen LogP contribution in [0.3, 0.4) is 0 Å². The van der Waals surface area contributed by atoms with Gasteiger partial charge < -0.3 is 10.4 Å². The number of rotatable bonds is 3. The highest BCUT2D eigenvalue weighted by atomic mass is 19.2. The average Bonchev–Trinajstić information content (AvgIpc) is 2.49. The third-order valence-electron chi connectivity index (χ3n) is 3.65. The Kier molecular flexibility index (Phi) is 4.68. The molecule has 0 heterocycles. The first-order chi connectivity index (χ1) is 10.3. The molecule has 8 heteroatoms. The van der Waals surface area contributed by atoms with E-state index in [0.717, 1.165) is 19.3 Å². The molecular formula is C14H13F4NO3. The van der Waals surface area contributed by atoms with Gasteiger partial charge in [0, 0.05) is 6.04 Å². The molecule has 4 nitrogen and oxygen atoms in total. The molecular weight excluding hydrogens is 306 g/mol. The number of carboxylic acid groups (broad SMARTS) is 1. The minimum atomic E-state index is -2.26. The molecule has 1 saturated carbocycles. The number of halogens is 4. The first-order valence-electron chi connectivity index (χ1n) is 6.74. The van der Waals surface area contributed by atoms with Crippen molar-refractivity contribution in [2.45, 2.75) is 38.1 Å². The second kappa shape index (κ2) is 6.33. The van der Waals surface area contributed by atoms with Gasteiger partial charge in [-0.1, -0.05) is 19.3 Å². The molecule has 22 heavy (non-hydrogen) atoms. The van der Waals surface area contributed by atoms with Crippen LogP contribution in [-0.4, -0.2) is 23.0 Å². The highest BCUT2D eigenvalue weighted by Crippen LogP contribution is 2.25. The van der Waals surface area contributed by atoms with Gasteiger partial charge in [-0.2, -0.15) is 0 Å². The van der Waals surface area contributed by atoms with Gasteiger partial charge in [-0.05, 0) is 12.8 Å². The van der Waals surface area contributed by atoms with Crippen molar-refractivity contribution in [3.8, 4) is 0 Å². The molecule has 2 rings (SSSR count). The lowest BCUT2D eigenvalue weighted by Gasteiger charge is -2.23. The lowest BCUT2D eigenvalue weighted by atomic mass is 9.95. The molecule has 0 radical (unpaired) electrons. The summed E-state index contributed by atoms with van der Waals surface area (Å²) in [7, 11) is 0. The number of hydrogen-bond donors (Lipinski definition) is 2. The Morgan fingerprint density at radius 3 is 1.86 bits per heavy atom. The highest BCUT2D eigenvalue weighted by molar-refractivity contribution is 6.05. The van der Waals surface area contributed by atoms with Crippen LogP contribution in [0.15, 0.2) is 0 Å². The summed E-state index contributed by atoms with van der Waals surface area (Å²) in [6, 6.07) is -0.335. The molecule has 0 saturated heterocycles. The van der Waals surface area contributed by atoms with Gasteiger partial charge in [-0.25, -0.2) is 22.4 Å². The summed E-state index contributed by atoms with van der Waals surface area (Å²) in [4.78, 5) is 23.0. The first kappa shape index (κ1) is 16.3. The van der Waals surface area contributed by atoms with Gasteiger partial charge in [0.05, 0.1) is 5.56 Å². The Bertz CT molecular complexity index is 627. The Hall–Kier alpha value is -2.12. The molecule has 1 aromatic carbocycles. The van der Waals surface area contributed by atoms with E-state index in [0.29, 0.717) is 12.8 Å². The Morgan fingerprint density at radius 2 is 1.36 bits per heavy atom. The number of amides is 1. The Balaban J connectivity index is 2.44. The van der Waals surface area contributed by atoms with Crippen LogP contribution in [-0.2, 0) is 0 Å². The lowest BCUT2D eigenvalue weighted by molar-refractivity contribution is 0.0681. The molecule has 1 aliphatic carbocycles. The molecule has 0 aliphatic heterocycles. The number of hydrogen-bond acceptors (Lipinski definition) is 2. The van der Waals surface area contributed by atoms with Crippen molar-refractivity contribution in [1.82, 2.24) is 5.32 Å². The summed E-state index contributed by atoms with van der Waals surface area (Å²) < 4.78 is 53.7. The number of carboxylic acids is 1. The summed E-state index contributed by atoms with van der Waals surface area (Å²) >= 11 is 0. The van der Waals surface area contributed by atoms with E-state index in [1.165, 1.54) is 0 Å². The number of nitrogens with one attached hydrogen (secondary N) is 1. The zero-order chi connectivity index (χ0) is 16.4. The smallest absolute Gasteiger partial charge is 0.339 e. The minimum absolute atomic E-state index is 0.335. The fourth-order valence-corrected chi connectivity index (χ4v) is 2.55. The quantitative estimate of drug-likeness (QED) is 0.511. The predicted octanol–water partition coefficient (Wildman–Crippen LogP) is 3.00. The molecule has 0 atom stereocenters. The van der Waals surface area contributed by atoms with Crippen molar-refractivity contribution >= 4 is 11.9 Å². The highest BCUT2D eigenvalue weighted by Gasteiger charge is 2.33. The monoisotopic (exact) mass is 319 g/mol. The molecule has 0 bridgehead atoms. The molecule has 0 aromatic heterocycles. The van der Waals surface area contributed by atoms with Crippen molar-refractivity contribution in [2.75, 3.05) is 0 Å². The van der Waals surface area contributed by atoms with Gasteiger partial charge in [-0.15, -0.1) is 0 Å².